The zero-order valence-corrected chi connectivity index (χ0v) is 33.0. The summed E-state index contributed by atoms with van der Waals surface area (Å²) in [5, 5.41) is 35.2. The smallest absolute Gasteiger partial charge is 0.416 e. The van der Waals surface area contributed by atoms with Crippen molar-refractivity contribution in [3.63, 3.8) is 0 Å². The van der Waals surface area contributed by atoms with E-state index in [0.717, 1.165) is 18.2 Å². The molecule has 0 saturated carbocycles. The molecular weight excluding hydrogens is 858 g/mol. The van der Waals surface area contributed by atoms with Crippen molar-refractivity contribution in [3.8, 4) is 11.1 Å². The number of benzene rings is 7. The molecule has 0 bridgehead atoms. The first-order valence-electron chi connectivity index (χ1n) is 17.9. The van der Waals surface area contributed by atoms with E-state index in [0.29, 0.717) is 54.6 Å². The van der Waals surface area contributed by atoms with Gasteiger partial charge in [0.1, 0.15) is 28.4 Å². The molecule has 0 aliphatic heterocycles. The third-order valence-electron chi connectivity index (χ3n) is 8.85. The van der Waals surface area contributed by atoms with Crippen molar-refractivity contribution in [1.82, 2.24) is 0 Å². The standard InChI is InChI=1S/C20H12F3NO3.C13H9Cl2NO2.C13H8F2O2/c21-20(22,23)11-4-1-5-12(10-11)24-15-8-3-9-16-17(15)13-6-2-7-14(19(25)26)18(13)27-16;14-8-5-9(15)7-10(6-8)16-12-4-2-1-3-11(12)13(17)18;14-11-5-10(6-12(15)7-11)8-1-3-9(4-2-8)13(16)17/h1-10,24H,(H,25,26);1-7,16H,(H,17,18);1-7H,(H,16,17). The third-order valence-corrected chi connectivity index (χ3v) is 9.29. The van der Waals surface area contributed by atoms with Crippen LogP contribution in [-0.4, -0.2) is 33.2 Å². The van der Waals surface area contributed by atoms with Crippen LogP contribution in [0.15, 0.2) is 150 Å². The maximum atomic E-state index is 13.0. The van der Waals surface area contributed by atoms with E-state index >= 15 is 0 Å². The van der Waals surface area contributed by atoms with E-state index in [4.69, 9.17) is 37.8 Å². The predicted molar refractivity (Wildman–Crippen MR) is 227 cm³/mol. The van der Waals surface area contributed by atoms with Gasteiger partial charge in [0.2, 0.25) is 0 Å². The molecule has 1 aromatic heterocycles. The van der Waals surface area contributed by atoms with Crippen molar-refractivity contribution < 1.29 is 56.1 Å². The number of carboxylic acids is 3. The summed E-state index contributed by atoms with van der Waals surface area (Å²) in [6.45, 7) is 0. The summed E-state index contributed by atoms with van der Waals surface area (Å²) in [6.07, 6.45) is -4.44. The van der Waals surface area contributed by atoms with Crippen molar-refractivity contribution in [2.24, 2.45) is 0 Å². The van der Waals surface area contributed by atoms with Crippen LogP contribution in [-0.2, 0) is 6.18 Å². The highest BCUT2D eigenvalue weighted by Crippen LogP contribution is 2.38. The number of rotatable bonds is 8. The minimum atomic E-state index is -4.44. The number of nitrogens with one attached hydrogen (secondary N) is 2. The molecule has 16 heteroatoms. The van der Waals surface area contributed by atoms with Crippen LogP contribution in [0.1, 0.15) is 36.6 Å². The van der Waals surface area contributed by atoms with Crippen LogP contribution in [0.2, 0.25) is 10.0 Å². The van der Waals surface area contributed by atoms with Crippen LogP contribution in [0.3, 0.4) is 0 Å². The number of fused-ring (bicyclic) bond motifs is 3. The van der Waals surface area contributed by atoms with Crippen LogP contribution < -0.4 is 10.6 Å². The number of aromatic carboxylic acids is 3. The molecule has 0 saturated heterocycles. The molecular formula is C46H29Cl2F5N2O7. The Kier molecular flexibility index (Phi) is 13.4. The number of halogens is 7. The number of hydrogen-bond acceptors (Lipinski definition) is 6. The Balaban J connectivity index is 0.000000162. The first kappa shape index (κ1) is 44.1. The monoisotopic (exact) mass is 886 g/mol. The molecule has 9 nitrogen and oxygen atoms in total. The summed E-state index contributed by atoms with van der Waals surface area (Å²) in [5.41, 5.74) is 3.10. The van der Waals surface area contributed by atoms with Crippen LogP contribution >= 0.6 is 23.2 Å². The summed E-state index contributed by atoms with van der Waals surface area (Å²) >= 11 is 11.8. The fraction of sp³-hybridized carbons (Fsp3) is 0.0217. The lowest BCUT2D eigenvalue weighted by molar-refractivity contribution is -0.137. The number of anilines is 4. The first-order chi connectivity index (χ1) is 29.5. The number of hydrogen-bond donors (Lipinski definition) is 5. The maximum Gasteiger partial charge on any atom is 0.416 e. The molecule has 0 spiro atoms. The highest BCUT2D eigenvalue weighted by atomic mass is 35.5. The van der Waals surface area contributed by atoms with Gasteiger partial charge in [0.15, 0.2) is 0 Å². The molecule has 0 amide bonds. The number of carbonyl (C=O) groups is 3. The van der Waals surface area contributed by atoms with Crippen molar-refractivity contribution in [1.29, 1.82) is 0 Å². The molecule has 7 aromatic carbocycles. The van der Waals surface area contributed by atoms with Gasteiger partial charge in [-0.2, -0.15) is 13.2 Å². The van der Waals surface area contributed by atoms with Gasteiger partial charge in [0, 0.05) is 32.9 Å². The summed E-state index contributed by atoms with van der Waals surface area (Å²) in [5.74, 6) is -4.48. The van der Waals surface area contributed by atoms with E-state index in [1.54, 1.807) is 66.7 Å². The molecule has 5 N–H and O–H groups in total. The predicted octanol–water partition coefficient (Wildman–Crippen LogP) is 13.8. The van der Waals surface area contributed by atoms with Gasteiger partial charge in [0.05, 0.1) is 33.5 Å². The van der Waals surface area contributed by atoms with Crippen molar-refractivity contribution >= 4 is 85.8 Å². The molecule has 0 aliphatic carbocycles. The fourth-order valence-electron chi connectivity index (χ4n) is 6.14. The highest BCUT2D eigenvalue weighted by molar-refractivity contribution is 6.35. The Morgan fingerprint density at radius 3 is 1.76 bits per heavy atom. The molecule has 0 radical (unpaired) electrons. The lowest BCUT2D eigenvalue weighted by Gasteiger charge is -2.11. The normalized spacial score (nSPS) is 10.9. The largest absolute Gasteiger partial charge is 0.478 e. The van der Waals surface area contributed by atoms with Crippen LogP contribution in [0.4, 0.5) is 44.7 Å². The number of furan rings is 1. The molecule has 314 valence electrons. The lowest BCUT2D eigenvalue weighted by Crippen LogP contribution is -2.05. The maximum absolute atomic E-state index is 13.0. The average Bonchev–Trinajstić information content (AvgIpc) is 3.60. The van der Waals surface area contributed by atoms with Gasteiger partial charge in [-0.25, -0.2) is 23.2 Å². The second-order valence-corrected chi connectivity index (χ2v) is 14.0. The van der Waals surface area contributed by atoms with Gasteiger partial charge < -0.3 is 30.4 Å². The second-order valence-electron chi connectivity index (χ2n) is 13.1. The van der Waals surface area contributed by atoms with Crippen LogP contribution in [0.5, 0.6) is 0 Å². The number of carboxylic acid groups (broad SMARTS) is 3. The van der Waals surface area contributed by atoms with Crippen molar-refractivity contribution in [2.45, 2.75) is 6.18 Å². The average molecular weight is 888 g/mol. The summed E-state index contributed by atoms with van der Waals surface area (Å²) < 4.78 is 70.5. The van der Waals surface area contributed by atoms with Gasteiger partial charge in [-0.3, -0.25) is 0 Å². The van der Waals surface area contributed by atoms with Crippen LogP contribution in [0.25, 0.3) is 33.1 Å². The molecule has 62 heavy (non-hydrogen) atoms. The van der Waals surface area contributed by atoms with E-state index in [9.17, 15) is 41.4 Å². The van der Waals surface area contributed by atoms with Gasteiger partial charge in [-0.15, -0.1) is 0 Å². The third kappa shape index (κ3) is 10.8. The zero-order valence-electron chi connectivity index (χ0n) is 31.5. The minimum absolute atomic E-state index is 0.0220. The summed E-state index contributed by atoms with van der Waals surface area (Å²) in [7, 11) is 0. The van der Waals surface area contributed by atoms with E-state index in [1.165, 1.54) is 60.7 Å². The number of alkyl halides is 3. The Hall–Kier alpha value is -7.42. The van der Waals surface area contributed by atoms with E-state index in [2.05, 4.69) is 10.6 Å². The molecule has 0 aliphatic rings. The second kappa shape index (κ2) is 18.9. The summed E-state index contributed by atoms with van der Waals surface area (Å²) in [4.78, 5) is 33.1. The van der Waals surface area contributed by atoms with Gasteiger partial charge >= 0.3 is 24.1 Å². The number of para-hydroxylation sites is 2. The topological polar surface area (TPSA) is 149 Å². The Labute approximate surface area is 358 Å². The lowest BCUT2D eigenvalue weighted by atomic mass is 10.0. The Morgan fingerprint density at radius 1 is 0.548 bits per heavy atom. The van der Waals surface area contributed by atoms with Gasteiger partial charge in [-0.05, 0) is 102 Å². The first-order valence-corrected chi connectivity index (χ1v) is 18.7. The molecule has 0 unspecified atom stereocenters. The quantitative estimate of drug-likeness (QED) is 0.0940. The van der Waals surface area contributed by atoms with E-state index in [1.807, 2.05) is 0 Å². The van der Waals surface area contributed by atoms with Crippen molar-refractivity contribution in [3.05, 3.63) is 190 Å². The van der Waals surface area contributed by atoms with Gasteiger partial charge in [0.25, 0.3) is 0 Å². The van der Waals surface area contributed by atoms with Crippen LogP contribution in [0, 0.1) is 11.6 Å². The Bertz CT molecular complexity index is 2920. The molecule has 0 fully saturated rings. The zero-order chi connectivity index (χ0) is 44.7. The molecule has 8 aromatic rings. The minimum Gasteiger partial charge on any atom is -0.478 e. The van der Waals surface area contributed by atoms with Gasteiger partial charge in [-0.1, -0.05) is 71.7 Å². The summed E-state index contributed by atoms with van der Waals surface area (Å²) in [6, 6.07) is 35.2. The van der Waals surface area contributed by atoms with Crippen molar-refractivity contribution in [2.75, 3.05) is 10.6 Å². The Morgan fingerprint density at radius 2 is 1.13 bits per heavy atom. The molecule has 8 rings (SSSR count). The SMILES string of the molecule is O=C(O)c1ccc(-c2cc(F)cc(F)c2)cc1.O=C(O)c1cccc2c1oc1cccc(Nc3cccc(C(F)(F)F)c3)c12.O=C(O)c1ccccc1Nc1cc(Cl)cc(Cl)c1. The fourth-order valence-corrected chi connectivity index (χ4v) is 6.66. The van der Waals surface area contributed by atoms with E-state index in [-0.39, 0.29) is 28.0 Å². The highest BCUT2D eigenvalue weighted by Gasteiger charge is 2.30. The molecule has 1 heterocycles. The molecule has 0 atom stereocenters. The van der Waals surface area contributed by atoms with E-state index < -0.39 is 41.3 Å².